The second kappa shape index (κ2) is 9.09. The van der Waals surface area contributed by atoms with E-state index in [0.717, 1.165) is 53.0 Å². The molecule has 9 nitrogen and oxygen atoms in total. The molecule has 34 heavy (non-hydrogen) atoms. The van der Waals surface area contributed by atoms with E-state index >= 15 is 0 Å². The number of aromatic nitrogens is 6. The quantitative estimate of drug-likeness (QED) is 0.443. The first-order chi connectivity index (χ1) is 16.4. The number of hydrogen-bond donors (Lipinski definition) is 2. The number of nitrogens with zero attached hydrogens (tertiary/aromatic N) is 6. The zero-order chi connectivity index (χ0) is 23.7. The molecule has 0 saturated heterocycles. The molecule has 1 amide bonds. The van der Waals surface area contributed by atoms with Crippen molar-refractivity contribution in [1.82, 2.24) is 34.8 Å². The maximum atomic E-state index is 11.2. The molecule has 1 saturated carbocycles. The molecule has 3 aromatic heterocycles. The largest absolute Gasteiger partial charge is 0.367 e. The first-order valence-electron chi connectivity index (χ1n) is 11.4. The molecule has 1 aliphatic rings. The molecule has 3 heterocycles. The fourth-order valence-corrected chi connectivity index (χ4v) is 4.31. The van der Waals surface area contributed by atoms with Crippen molar-refractivity contribution < 1.29 is 4.79 Å². The molecule has 4 aromatic rings. The number of hydrogen-bond acceptors (Lipinski definition) is 6. The zero-order valence-corrected chi connectivity index (χ0v) is 19.6. The van der Waals surface area contributed by atoms with E-state index in [1.54, 1.807) is 16.3 Å². The molecule has 1 aromatic carbocycles. The molecule has 174 valence electrons. The topological polar surface area (TPSA) is 103 Å². The second-order valence-corrected chi connectivity index (χ2v) is 8.96. The smallest absolute Gasteiger partial charge is 0.216 e. The Bertz CT molecular complexity index is 1320. The number of nitrogens with one attached hydrogen (secondary N) is 2. The van der Waals surface area contributed by atoms with Crippen LogP contribution in [0, 0.1) is 5.92 Å². The third kappa shape index (κ3) is 4.68. The Kier molecular flexibility index (Phi) is 5.83. The maximum absolute atomic E-state index is 11.2. The van der Waals surface area contributed by atoms with Gasteiger partial charge in [0, 0.05) is 74.5 Å². The lowest BCUT2D eigenvalue weighted by Crippen LogP contribution is -2.41. The minimum atomic E-state index is 0.0178. The van der Waals surface area contributed by atoms with Gasteiger partial charge in [-0.25, -0.2) is 9.97 Å². The molecule has 9 heteroatoms. The van der Waals surface area contributed by atoms with Gasteiger partial charge in [-0.1, -0.05) is 18.2 Å². The molecule has 0 atom stereocenters. The molecule has 5 rings (SSSR count). The summed E-state index contributed by atoms with van der Waals surface area (Å²) in [5, 5.41) is 15.1. The van der Waals surface area contributed by atoms with E-state index in [2.05, 4.69) is 33.0 Å². The van der Waals surface area contributed by atoms with Gasteiger partial charge in [-0.2, -0.15) is 10.2 Å². The van der Waals surface area contributed by atoms with Gasteiger partial charge in [-0.15, -0.1) is 0 Å². The van der Waals surface area contributed by atoms with E-state index in [0.29, 0.717) is 17.8 Å². The van der Waals surface area contributed by atoms with Crippen LogP contribution in [0.3, 0.4) is 0 Å². The van der Waals surface area contributed by atoms with Crippen molar-refractivity contribution in [3.63, 3.8) is 0 Å². The van der Waals surface area contributed by atoms with E-state index in [9.17, 15) is 4.79 Å². The molecule has 0 aliphatic heterocycles. The van der Waals surface area contributed by atoms with E-state index in [4.69, 9.17) is 9.97 Å². The molecule has 0 radical (unpaired) electrons. The lowest BCUT2D eigenvalue weighted by atomic mass is 9.80. The van der Waals surface area contributed by atoms with E-state index in [1.165, 1.54) is 0 Å². The molecular weight excluding hydrogens is 428 g/mol. The maximum Gasteiger partial charge on any atom is 0.216 e. The van der Waals surface area contributed by atoms with Gasteiger partial charge in [-0.05, 0) is 30.4 Å². The average molecular weight is 457 g/mol. The second-order valence-electron chi connectivity index (χ2n) is 8.96. The van der Waals surface area contributed by atoms with Crippen LogP contribution in [0.5, 0.6) is 0 Å². The van der Waals surface area contributed by atoms with Crippen LogP contribution < -0.4 is 10.6 Å². The highest BCUT2D eigenvalue weighted by Crippen LogP contribution is 2.34. The first kappa shape index (κ1) is 21.8. The van der Waals surface area contributed by atoms with Crippen LogP contribution in [0.15, 0.2) is 55.2 Å². The highest BCUT2D eigenvalue weighted by molar-refractivity contribution is 5.77. The normalized spacial score (nSPS) is 17.3. The monoisotopic (exact) mass is 456 g/mol. The number of carbonyl (C=O) groups is 1. The molecule has 0 unspecified atom stereocenters. The number of benzene rings is 1. The third-order valence-corrected chi connectivity index (χ3v) is 6.18. The molecule has 0 spiro atoms. The van der Waals surface area contributed by atoms with E-state index in [1.807, 2.05) is 57.2 Å². The van der Waals surface area contributed by atoms with Crippen molar-refractivity contribution >= 4 is 11.7 Å². The Morgan fingerprint density at radius 3 is 2.38 bits per heavy atom. The van der Waals surface area contributed by atoms with Gasteiger partial charge in [0.05, 0.1) is 12.4 Å². The number of rotatable bonds is 7. The van der Waals surface area contributed by atoms with Crippen LogP contribution in [0.25, 0.3) is 33.6 Å². The van der Waals surface area contributed by atoms with Crippen LogP contribution in [0.4, 0.5) is 5.82 Å². The van der Waals surface area contributed by atoms with Crippen molar-refractivity contribution in [3.05, 3.63) is 55.2 Å². The third-order valence-electron chi connectivity index (χ3n) is 6.18. The summed E-state index contributed by atoms with van der Waals surface area (Å²) < 4.78 is 3.57. The van der Waals surface area contributed by atoms with E-state index in [-0.39, 0.29) is 5.91 Å². The molecule has 2 N–H and O–H groups in total. The lowest BCUT2D eigenvalue weighted by molar-refractivity contribution is -0.119. The fourth-order valence-electron chi connectivity index (χ4n) is 4.31. The summed E-state index contributed by atoms with van der Waals surface area (Å²) in [6.45, 7) is 2.28. The highest BCUT2D eigenvalue weighted by atomic mass is 16.1. The van der Waals surface area contributed by atoms with Crippen molar-refractivity contribution in [1.29, 1.82) is 0 Å². The summed E-state index contributed by atoms with van der Waals surface area (Å²) in [4.78, 5) is 20.8. The summed E-state index contributed by atoms with van der Waals surface area (Å²) in [5.41, 5.74) is 4.95. The molecule has 0 bridgehead atoms. The number of amides is 1. The van der Waals surface area contributed by atoms with Crippen molar-refractivity contribution in [3.8, 4) is 33.6 Å². The number of carbonyl (C=O) groups excluding carboxylic acids is 1. The summed E-state index contributed by atoms with van der Waals surface area (Å²) >= 11 is 0. The SMILES string of the molecule is CC(=O)NC[C@H]1C[C@H](Nc2nc(-c3cccc(-c4cnn(C)c4)c3)ncc2-c2cnn(C)c2)C1. The molecule has 1 aliphatic carbocycles. The predicted molar refractivity (Wildman–Crippen MR) is 131 cm³/mol. The van der Waals surface area contributed by atoms with E-state index < -0.39 is 0 Å². The Labute approximate surface area is 198 Å². The number of aryl methyl sites for hydroxylation is 2. The Hall–Kier alpha value is -4.01. The van der Waals surface area contributed by atoms with Gasteiger partial charge in [0.15, 0.2) is 5.82 Å². The fraction of sp³-hybridized carbons (Fsp3) is 0.320. The van der Waals surface area contributed by atoms with Crippen LogP contribution in [-0.2, 0) is 18.9 Å². The molecule has 1 fully saturated rings. The summed E-state index contributed by atoms with van der Waals surface area (Å²) in [7, 11) is 3.81. The van der Waals surface area contributed by atoms with Gasteiger partial charge in [0.25, 0.3) is 0 Å². The van der Waals surface area contributed by atoms with Crippen molar-refractivity contribution in [2.45, 2.75) is 25.8 Å². The minimum absolute atomic E-state index is 0.0178. The van der Waals surface area contributed by atoms with Crippen molar-refractivity contribution in [2.24, 2.45) is 20.0 Å². The van der Waals surface area contributed by atoms with Gasteiger partial charge in [0.2, 0.25) is 5.91 Å². The molecular formula is C25H28N8O. The zero-order valence-electron chi connectivity index (χ0n) is 19.6. The lowest BCUT2D eigenvalue weighted by Gasteiger charge is -2.36. The minimum Gasteiger partial charge on any atom is -0.367 e. The summed E-state index contributed by atoms with van der Waals surface area (Å²) in [6.07, 6.45) is 11.5. The van der Waals surface area contributed by atoms with Crippen LogP contribution in [0.2, 0.25) is 0 Å². The van der Waals surface area contributed by atoms with Gasteiger partial charge < -0.3 is 10.6 Å². The average Bonchev–Trinajstić information content (AvgIpc) is 3.43. The van der Waals surface area contributed by atoms with Crippen LogP contribution in [0.1, 0.15) is 19.8 Å². The first-order valence-corrected chi connectivity index (χ1v) is 11.4. The Morgan fingerprint density at radius 1 is 1.00 bits per heavy atom. The van der Waals surface area contributed by atoms with Crippen molar-refractivity contribution in [2.75, 3.05) is 11.9 Å². The van der Waals surface area contributed by atoms with Gasteiger partial charge in [0.1, 0.15) is 5.82 Å². The highest BCUT2D eigenvalue weighted by Gasteiger charge is 2.30. The van der Waals surface area contributed by atoms with Gasteiger partial charge >= 0.3 is 0 Å². The predicted octanol–water partition coefficient (Wildman–Crippen LogP) is 3.27. The standard InChI is InChI=1S/C25H28N8O/c1-16(34)26-10-17-7-22(8-17)30-25-23(21-12-29-33(3)15-21)13-27-24(31-25)19-6-4-5-18(9-19)20-11-28-32(2)14-20/h4-6,9,11-15,17,22H,7-8,10H2,1-3H3,(H,26,34)(H,27,30,31)/t17-,22-. The van der Waals surface area contributed by atoms with Crippen LogP contribution >= 0.6 is 0 Å². The van der Waals surface area contributed by atoms with Crippen LogP contribution in [-0.4, -0.2) is 48.0 Å². The Balaban J connectivity index is 1.42. The Morgan fingerprint density at radius 2 is 1.71 bits per heavy atom. The van der Waals surface area contributed by atoms with Gasteiger partial charge in [-0.3, -0.25) is 14.2 Å². The summed E-state index contributed by atoms with van der Waals surface area (Å²) in [6, 6.07) is 8.50. The summed E-state index contributed by atoms with van der Waals surface area (Å²) in [5.74, 6) is 1.97. The number of anilines is 1.